The average Bonchev–Trinajstić information content (AvgIpc) is 3.02. The highest BCUT2D eigenvalue weighted by molar-refractivity contribution is 7.05. The van der Waals surface area contributed by atoms with Crippen molar-refractivity contribution in [2.45, 2.75) is 52.0 Å². The van der Waals surface area contributed by atoms with E-state index >= 15 is 0 Å². The second-order valence-corrected chi connectivity index (χ2v) is 5.40. The highest BCUT2D eigenvalue weighted by Gasteiger charge is 2.31. The molecule has 1 aromatic rings. The summed E-state index contributed by atoms with van der Waals surface area (Å²) in [5.41, 5.74) is 0. The molecule has 0 aromatic carbocycles. The van der Waals surface area contributed by atoms with E-state index in [-0.39, 0.29) is 0 Å². The number of likely N-dealkylation sites (N-methyl/N-ethyl adjacent to an activating group) is 1. The molecule has 2 rings (SSSR count). The molecule has 1 heterocycles. The molecule has 16 heavy (non-hydrogen) atoms. The minimum atomic E-state index is 0.632. The minimum Gasteiger partial charge on any atom is -0.314 e. The number of aromatic nitrogens is 2. The lowest BCUT2D eigenvalue weighted by Gasteiger charge is -2.14. The molecule has 4 heteroatoms. The van der Waals surface area contributed by atoms with Crippen LogP contribution in [0, 0.1) is 5.92 Å². The first kappa shape index (κ1) is 12.0. The quantitative estimate of drug-likeness (QED) is 0.794. The average molecular weight is 239 g/mol. The maximum Gasteiger partial charge on any atom is 0.142 e. The maximum atomic E-state index is 4.60. The Kier molecular flexibility index (Phi) is 4.29. The normalized spacial score (nSPS) is 17.6. The summed E-state index contributed by atoms with van der Waals surface area (Å²) in [7, 11) is 0. The number of nitrogens with zero attached hydrogens (tertiary/aromatic N) is 2. The van der Waals surface area contributed by atoms with Crippen molar-refractivity contribution in [3.63, 3.8) is 0 Å². The molecule has 1 unspecified atom stereocenters. The van der Waals surface area contributed by atoms with Crippen LogP contribution in [0.4, 0.5) is 0 Å². The summed E-state index contributed by atoms with van der Waals surface area (Å²) in [6.45, 7) is 5.41. The van der Waals surface area contributed by atoms with Crippen molar-refractivity contribution in [1.29, 1.82) is 0 Å². The largest absolute Gasteiger partial charge is 0.314 e. The Morgan fingerprint density at radius 2 is 2.25 bits per heavy atom. The third-order valence-electron chi connectivity index (χ3n) is 3.04. The first-order valence-corrected chi connectivity index (χ1v) is 7.15. The van der Waals surface area contributed by atoms with Crippen LogP contribution in [-0.4, -0.2) is 21.9 Å². The molecule has 0 aliphatic heterocycles. The zero-order valence-corrected chi connectivity index (χ0v) is 11.0. The van der Waals surface area contributed by atoms with Crippen molar-refractivity contribution in [1.82, 2.24) is 14.7 Å². The van der Waals surface area contributed by atoms with Gasteiger partial charge in [-0.05, 0) is 43.3 Å². The van der Waals surface area contributed by atoms with E-state index in [0.29, 0.717) is 6.04 Å². The minimum absolute atomic E-state index is 0.632. The number of nitrogens with one attached hydrogen (secondary N) is 1. The summed E-state index contributed by atoms with van der Waals surface area (Å²) in [5, 5.41) is 4.78. The van der Waals surface area contributed by atoms with Crippen LogP contribution in [0.15, 0.2) is 0 Å². The molecule has 0 radical (unpaired) electrons. The summed E-state index contributed by atoms with van der Waals surface area (Å²) in [6, 6.07) is 0.632. The third kappa shape index (κ3) is 3.25. The lowest BCUT2D eigenvalue weighted by atomic mass is 10.1. The van der Waals surface area contributed by atoms with Crippen LogP contribution in [0.3, 0.4) is 0 Å². The smallest absolute Gasteiger partial charge is 0.142 e. The van der Waals surface area contributed by atoms with Crippen molar-refractivity contribution in [3.05, 3.63) is 10.8 Å². The standard InChI is InChI=1S/C12H21N3S/c1-3-5-11-14-12(16-15-11)8-10(13-4-2)9-6-7-9/h9-10,13H,3-8H2,1-2H3. The fourth-order valence-corrected chi connectivity index (χ4v) is 2.80. The lowest BCUT2D eigenvalue weighted by Crippen LogP contribution is -2.32. The molecule has 1 atom stereocenters. The molecular weight excluding hydrogens is 218 g/mol. The molecule has 3 nitrogen and oxygen atoms in total. The summed E-state index contributed by atoms with van der Waals surface area (Å²) >= 11 is 1.59. The Bertz CT molecular complexity index is 320. The van der Waals surface area contributed by atoms with Gasteiger partial charge in [-0.3, -0.25) is 0 Å². The Labute approximate surface area is 102 Å². The molecule has 1 fully saturated rings. The number of aryl methyl sites for hydroxylation is 1. The van der Waals surface area contributed by atoms with Crippen LogP contribution in [0.25, 0.3) is 0 Å². The summed E-state index contributed by atoms with van der Waals surface area (Å²) in [5.74, 6) is 1.92. The monoisotopic (exact) mass is 239 g/mol. The second-order valence-electron chi connectivity index (χ2n) is 4.56. The van der Waals surface area contributed by atoms with E-state index in [9.17, 15) is 0 Å². The summed E-state index contributed by atoms with van der Waals surface area (Å²) in [4.78, 5) is 4.60. The number of rotatable bonds is 7. The van der Waals surface area contributed by atoms with Crippen LogP contribution < -0.4 is 5.32 Å². The molecule has 1 saturated carbocycles. The number of hydrogen-bond acceptors (Lipinski definition) is 4. The number of hydrogen-bond donors (Lipinski definition) is 1. The Morgan fingerprint density at radius 3 is 2.88 bits per heavy atom. The molecule has 0 amide bonds. The molecule has 1 aliphatic rings. The topological polar surface area (TPSA) is 37.8 Å². The van der Waals surface area contributed by atoms with Crippen molar-refractivity contribution >= 4 is 11.5 Å². The molecule has 90 valence electrons. The van der Waals surface area contributed by atoms with Gasteiger partial charge in [-0.2, -0.15) is 4.37 Å². The fraction of sp³-hybridized carbons (Fsp3) is 0.833. The van der Waals surface area contributed by atoms with Gasteiger partial charge in [-0.1, -0.05) is 13.8 Å². The molecule has 0 bridgehead atoms. The lowest BCUT2D eigenvalue weighted by molar-refractivity contribution is 0.471. The van der Waals surface area contributed by atoms with Crippen LogP contribution in [-0.2, 0) is 12.8 Å². The van der Waals surface area contributed by atoms with E-state index in [2.05, 4.69) is 28.5 Å². The predicted molar refractivity (Wildman–Crippen MR) is 67.8 cm³/mol. The van der Waals surface area contributed by atoms with Crippen molar-refractivity contribution in [3.8, 4) is 0 Å². The van der Waals surface area contributed by atoms with Gasteiger partial charge in [0.2, 0.25) is 0 Å². The van der Waals surface area contributed by atoms with Crippen LogP contribution in [0.2, 0.25) is 0 Å². The highest BCUT2D eigenvalue weighted by Crippen LogP contribution is 2.34. The first-order valence-electron chi connectivity index (χ1n) is 6.38. The van der Waals surface area contributed by atoms with Gasteiger partial charge < -0.3 is 5.32 Å². The second kappa shape index (κ2) is 5.73. The van der Waals surface area contributed by atoms with Crippen molar-refractivity contribution < 1.29 is 0 Å². The van der Waals surface area contributed by atoms with Crippen LogP contribution in [0.5, 0.6) is 0 Å². The Morgan fingerprint density at radius 1 is 1.44 bits per heavy atom. The first-order chi connectivity index (χ1) is 7.83. The van der Waals surface area contributed by atoms with Crippen molar-refractivity contribution in [2.75, 3.05) is 6.54 Å². The van der Waals surface area contributed by atoms with E-state index < -0.39 is 0 Å². The fourth-order valence-electron chi connectivity index (χ4n) is 2.05. The zero-order chi connectivity index (χ0) is 11.4. The van der Waals surface area contributed by atoms with Gasteiger partial charge in [0.25, 0.3) is 0 Å². The SMILES string of the molecule is CCCc1nsc(CC(NCC)C2CC2)n1. The summed E-state index contributed by atoms with van der Waals surface area (Å²) in [6.07, 6.45) is 6.00. The van der Waals surface area contributed by atoms with E-state index in [1.807, 2.05) is 0 Å². The molecule has 1 aromatic heterocycles. The van der Waals surface area contributed by atoms with E-state index in [1.54, 1.807) is 11.5 Å². The zero-order valence-electron chi connectivity index (χ0n) is 10.2. The Balaban J connectivity index is 1.89. The van der Waals surface area contributed by atoms with Gasteiger partial charge in [0, 0.05) is 18.9 Å². The van der Waals surface area contributed by atoms with Gasteiger partial charge >= 0.3 is 0 Å². The van der Waals surface area contributed by atoms with Gasteiger partial charge in [0.15, 0.2) is 0 Å². The maximum absolute atomic E-state index is 4.60. The van der Waals surface area contributed by atoms with Crippen LogP contribution >= 0.6 is 11.5 Å². The van der Waals surface area contributed by atoms with E-state index in [0.717, 1.165) is 37.5 Å². The Hall–Kier alpha value is -0.480. The van der Waals surface area contributed by atoms with Gasteiger partial charge in [-0.15, -0.1) is 0 Å². The summed E-state index contributed by atoms with van der Waals surface area (Å²) < 4.78 is 4.40. The molecular formula is C12H21N3S. The van der Waals surface area contributed by atoms with E-state index in [1.165, 1.54) is 17.8 Å². The molecule has 1 aliphatic carbocycles. The van der Waals surface area contributed by atoms with Gasteiger partial charge in [-0.25, -0.2) is 4.98 Å². The molecule has 1 N–H and O–H groups in total. The van der Waals surface area contributed by atoms with Crippen molar-refractivity contribution in [2.24, 2.45) is 5.92 Å². The van der Waals surface area contributed by atoms with Gasteiger partial charge in [0.05, 0.1) is 0 Å². The van der Waals surface area contributed by atoms with E-state index in [4.69, 9.17) is 0 Å². The van der Waals surface area contributed by atoms with Crippen LogP contribution in [0.1, 0.15) is 43.9 Å². The predicted octanol–water partition coefficient (Wildman–Crippen LogP) is 2.42. The highest BCUT2D eigenvalue weighted by atomic mass is 32.1. The molecule has 0 saturated heterocycles. The van der Waals surface area contributed by atoms with Gasteiger partial charge in [0.1, 0.15) is 10.8 Å². The third-order valence-corrected chi connectivity index (χ3v) is 3.81. The molecule has 0 spiro atoms.